The molecule has 0 radical (unpaired) electrons. The van der Waals surface area contributed by atoms with Crippen molar-refractivity contribution in [1.82, 2.24) is 29.7 Å². The van der Waals surface area contributed by atoms with Gasteiger partial charge in [-0.3, -0.25) is 9.89 Å². The number of allylic oxidation sites excluding steroid dienone is 3. The van der Waals surface area contributed by atoms with Crippen molar-refractivity contribution in [2.45, 2.75) is 13.3 Å². The Morgan fingerprint density at radius 1 is 1.28 bits per heavy atom. The van der Waals surface area contributed by atoms with Gasteiger partial charge in [0, 0.05) is 44.1 Å². The first-order chi connectivity index (χ1) is 15.4. The highest BCUT2D eigenvalue weighted by Gasteiger charge is 2.24. The molecule has 0 atom stereocenters. The summed E-state index contributed by atoms with van der Waals surface area (Å²) in [6.07, 6.45) is 4.70. The molecule has 0 aliphatic carbocycles. The van der Waals surface area contributed by atoms with Crippen molar-refractivity contribution in [3.05, 3.63) is 66.8 Å². The van der Waals surface area contributed by atoms with E-state index in [0.717, 1.165) is 11.2 Å². The molecule has 10 heteroatoms. The Kier molecular flexibility index (Phi) is 6.02. The monoisotopic (exact) mass is 436 g/mol. The minimum Gasteiger partial charge on any atom is -0.339 e. The van der Waals surface area contributed by atoms with Gasteiger partial charge in [0.05, 0.1) is 6.42 Å². The molecule has 0 unspecified atom stereocenters. The standard InChI is InChI=1S/C22H25FN8O/c1-15(6-7-16(2)23)13-20(32)29-9-11-30(12-10-29)22-25-21(18-5-4-8-31(18)28-22)24-19-14-17(3)26-27-19/h4-8,14H,1-2,9-13H2,3H3,(H2,24,25,26,27,28)/b7-6-. The Bertz CT molecular complexity index is 1190. The van der Waals surface area contributed by atoms with E-state index in [1.807, 2.05) is 36.2 Å². The lowest BCUT2D eigenvalue weighted by atomic mass is 10.1. The average molecular weight is 436 g/mol. The van der Waals surface area contributed by atoms with Crippen molar-refractivity contribution in [3.63, 3.8) is 0 Å². The molecule has 1 aliphatic rings. The summed E-state index contributed by atoms with van der Waals surface area (Å²) in [5.41, 5.74) is 2.33. The van der Waals surface area contributed by atoms with Crippen LogP contribution in [0.4, 0.5) is 22.0 Å². The second kappa shape index (κ2) is 9.04. The number of piperazine rings is 1. The summed E-state index contributed by atoms with van der Waals surface area (Å²) in [7, 11) is 0. The second-order valence-corrected chi connectivity index (χ2v) is 7.64. The molecule has 0 saturated carbocycles. The van der Waals surface area contributed by atoms with Crippen molar-refractivity contribution in [1.29, 1.82) is 0 Å². The smallest absolute Gasteiger partial charge is 0.245 e. The Labute approximate surface area is 184 Å². The molecule has 1 amide bonds. The first kappa shape index (κ1) is 21.3. The summed E-state index contributed by atoms with van der Waals surface area (Å²) in [5.74, 6) is 1.30. The van der Waals surface area contributed by atoms with Crippen LogP contribution >= 0.6 is 0 Å². The molecule has 1 fully saturated rings. The van der Waals surface area contributed by atoms with Gasteiger partial charge in [-0.15, -0.1) is 5.10 Å². The predicted octanol–water partition coefficient (Wildman–Crippen LogP) is 3.14. The number of H-pyrrole nitrogens is 1. The van der Waals surface area contributed by atoms with E-state index >= 15 is 0 Å². The number of anilines is 3. The van der Waals surface area contributed by atoms with Crippen molar-refractivity contribution in [3.8, 4) is 0 Å². The molecule has 1 saturated heterocycles. The van der Waals surface area contributed by atoms with E-state index in [2.05, 4.69) is 33.8 Å². The molecule has 1 aliphatic heterocycles. The van der Waals surface area contributed by atoms with E-state index in [4.69, 9.17) is 4.98 Å². The van der Waals surface area contributed by atoms with E-state index < -0.39 is 5.83 Å². The lowest BCUT2D eigenvalue weighted by molar-refractivity contribution is -0.130. The number of halogens is 1. The zero-order valence-corrected chi connectivity index (χ0v) is 17.9. The predicted molar refractivity (Wildman–Crippen MR) is 122 cm³/mol. The number of hydrogen-bond donors (Lipinski definition) is 2. The van der Waals surface area contributed by atoms with Gasteiger partial charge in [0.1, 0.15) is 11.3 Å². The molecule has 4 rings (SSSR count). The fraction of sp³-hybridized carbons (Fsp3) is 0.273. The first-order valence-corrected chi connectivity index (χ1v) is 10.3. The first-order valence-electron chi connectivity index (χ1n) is 10.3. The maximum Gasteiger partial charge on any atom is 0.245 e. The van der Waals surface area contributed by atoms with Crippen LogP contribution in [0.3, 0.4) is 0 Å². The highest BCUT2D eigenvalue weighted by Crippen LogP contribution is 2.23. The molecule has 2 N–H and O–H groups in total. The number of hydrogen-bond acceptors (Lipinski definition) is 6. The van der Waals surface area contributed by atoms with E-state index in [0.29, 0.717) is 49.3 Å². The van der Waals surface area contributed by atoms with Crippen molar-refractivity contribution in [2.75, 3.05) is 36.4 Å². The topological polar surface area (TPSA) is 94.5 Å². The number of amides is 1. The number of aromatic amines is 1. The van der Waals surface area contributed by atoms with Gasteiger partial charge in [-0.2, -0.15) is 10.1 Å². The van der Waals surface area contributed by atoms with Crippen LogP contribution in [0.25, 0.3) is 5.52 Å². The number of nitrogens with one attached hydrogen (secondary N) is 2. The third kappa shape index (κ3) is 4.85. The minimum atomic E-state index is -0.567. The SMILES string of the molecule is C=C(F)/C=C\C(=C)CC(=O)N1CCN(c2nc(Nc3cc(C)[nH]n3)c3cccn3n2)CC1. The lowest BCUT2D eigenvalue weighted by Crippen LogP contribution is -2.49. The van der Waals surface area contributed by atoms with Gasteiger partial charge in [0.25, 0.3) is 0 Å². The Balaban J connectivity index is 1.43. The Morgan fingerprint density at radius 3 is 2.75 bits per heavy atom. The summed E-state index contributed by atoms with van der Waals surface area (Å²) in [6.45, 7) is 11.2. The maximum absolute atomic E-state index is 12.7. The number of carbonyl (C=O) groups excluding carboxylic acids is 1. The maximum atomic E-state index is 12.7. The molecular weight excluding hydrogens is 411 g/mol. The zero-order chi connectivity index (χ0) is 22.7. The van der Waals surface area contributed by atoms with Gasteiger partial charge in [-0.25, -0.2) is 8.91 Å². The van der Waals surface area contributed by atoms with Crippen molar-refractivity contribution < 1.29 is 9.18 Å². The van der Waals surface area contributed by atoms with Gasteiger partial charge < -0.3 is 15.1 Å². The van der Waals surface area contributed by atoms with Crippen LogP contribution in [-0.4, -0.2) is 61.8 Å². The van der Waals surface area contributed by atoms with E-state index in [1.165, 1.54) is 12.2 Å². The molecule has 0 spiro atoms. The Hall–Kier alpha value is -3.95. The fourth-order valence-electron chi connectivity index (χ4n) is 3.48. The summed E-state index contributed by atoms with van der Waals surface area (Å²) in [5, 5.41) is 15.0. The van der Waals surface area contributed by atoms with Gasteiger partial charge in [0.2, 0.25) is 11.9 Å². The van der Waals surface area contributed by atoms with Crippen molar-refractivity contribution in [2.24, 2.45) is 0 Å². The van der Waals surface area contributed by atoms with Crippen LogP contribution in [0.1, 0.15) is 12.1 Å². The highest BCUT2D eigenvalue weighted by molar-refractivity contribution is 5.79. The molecule has 0 bridgehead atoms. The fourth-order valence-corrected chi connectivity index (χ4v) is 3.48. The number of aromatic nitrogens is 5. The summed E-state index contributed by atoms with van der Waals surface area (Å²) < 4.78 is 14.5. The van der Waals surface area contributed by atoms with E-state index in [9.17, 15) is 9.18 Å². The van der Waals surface area contributed by atoms with Crippen molar-refractivity contribution >= 4 is 29.0 Å². The normalized spacial score (nSPS) is 14.3. The molecule has 166 valence electrons. The quantitative estimate of drug-likeness (QED) is 0.553. The van der Waals surface area contributed by atoms with Gasteiger partial charge in [-0.1, -0.05) is 19.2 Å². The number of nitrogens with zero attached hydrogens (tertiary/aromatic N) is 6. The number of carbonyl (C=O) groups is 1. The van der Waals surface area contributed by atoms with Gasteiger partial charge >= 0.3 is 0 Å². The summed E-state index contributed by atoms with van der Waals surface area (Å²) >= 11 is 0. The van der Waals surface area contributed by atoms with E-state index in [1.54, 1.807) is 9.42 Å². The second-order valence-electron chi connectivity index (χ2n) is 7.64. The minimum absolute atomic E-state index is 0.0400. The molecular formula is C22H25FN8O. The average Bonchev–Trinajstić information content (AvgIpc) is 3.41. The molecule has 32 heavy (non-hydrogen) atoms. The van der Waals surface area contributed by atoms with Gasteiger partial charge in [0.15, 0.2) is 11.6 Å². The van der Waals surface area contributed by atoms with Crippen LogP contribution in [0.15, 0.2) is 61.1 Å². The van der Waals surface area contributed by atoms with E-state index in [-0.39, 0.29) is 12.3 Å². The van der Waals surface area contributed by atoms with Crippen LogP contribution in [0.2, 0.25) is 0 Å². The molecule has 3 aromatic rings. The van der Waals surface area contributed by atoms with Crippen LogP contribution < -0.4 is 10.2 Å². The summed E-state index contributed by atoms with van der Waals surface area (Å²) in [6, 6.07) is 5.74. The molecule has 0 aromatic carbocycles. The molecule has 4 heterocycles. The Morgan fingerprint density at radius 2 is 2.06 bits per heavy atom. The number of rotatable bonds is 7. The third-order valence-corrected chi connectivity index (χ3v) is 5.13. The van der Waals surface area contributed by atoms with Gasteiger partial charge in [-0.05, 0) is 30.7 Å². The molecule has 3 aromatic heterocycles. The third-order valence-electron chi connectivity index (χ3n) is 5.13. The summed E-state index contributed by atoms with van der Waals surface area (Å²) in [4.78, 5) is 21.1. The van der Waals surface area contributed by atoms with Crippen LogP contribution in [0, 0.1) is 6.92 Å². The zero-order valence-electron chi connectivity index (χ0n) is 17.9. The molecule has 9 nitrogen and oxygen atoms in total. The highest BCUT2D eigenvalue weighted by atomic mass is 19.1. The lowest BCUT2D eigenvalue weighted by Gasteiger charge is -2.35. The number of aryl methyl sites for hydroxylation is 1. The van der Waals surface area contributed by atoms with Crippen LogP contribution in [-0.2, 0) is 4.79 Å². The number of fused-ring (bicyclic) bond motifs is 1. The van der Waals surface area contributed by atoms with Crippen LogP contribution in [0.5, 0.6) is 0 Å². The largest absolute Gasteiger partial charge is 0.339 e.